The van der Waals surface area contributed by atoms with E-state index in [1.54, 1.807) is 11.6 Å². The summed E-state index contributed by atoms with van der Waals surface area (Å²) in [4.78, 5) is 24.2. The second kappa shape index (κ2) is 3.57. The average molecular weight is 258 g/mol. The first kappa shape index (κ1) is 11.7. The minimum atomic E-state index is -0.331. The Morgan fingerprint density at radius 3 is 2.37 bits per heavy atom. The number of hydrogen-bond donors (Lipinski definition) is 0. The summed E-state index contributed by atoms with van der Waals surface area (Å²) < 4.78 is 4.20. The predicted octanol–water partition coefficient (Wildman–Crippen LogP) is 0.502. The number of nitrogens with zero attached hydrogens (tertiary/aromatic N) is 4. The van der Waals surface area contributed by atoms with Crippen molar-refractivity contribution in [1.82, 2.24) is 18.7 Å². The van der Waals surface area contributed by atoms with E-state index in [-0.39, 0.29) is 11.2 Å². The lowest BCUT2D eigenvalue weighted by atomic mass is 10.2. The lowest BCUT2D eigenvalue weighted by Gasteiger charge is -2.04. The Kier molecular flexibility index (Phi) is 2.20. The molecule has 3 aromatic rings. The Morgan fingerprint density at radius 1 is 1.00 bits per heavy atom. The molecular weight excluding hydrogens is 244 g/mol. The Morgan fingerprint density at radius 2 is 1.68 bits per heavy atom. The van der Waals surface area contributed by atoms with Gasteiger partial charge in [-0.3, -0.25) is 13.9 Å². The first-order chi connectivity index (χ1) is 8.91. The van der Waals surface area contributed by atoms with Crippen LogP contribution in [0.3, 0.4) is 0 Å². The quantitative estimate of drug-likeness (QED) is 0.590. The first-order valence-corrected chi connectivity index (χ1v) is 5.97. The summed E-state index contributed by atoms with van der Waals surface area (Å²) in [6.07, 6.45) is 0. The van der Waals surface area contributed by atoms with Crippen molar-refractivity contribution in [3.05, 3.63) is 44.2 Å². The first-order valence-electron chi connectivity index (χ1n) is 5.97. The van der Waals surface area contributed by atoms with Gasteiger partial charge in [-0.2, -0.15) is 5.10 Å². The van der Waals surface area contributed by atoms with E-state index in [0.29, 0.717) is 11.0 Å². The second-order valence-electron chi connectivity index (χ2n) is 4.85. The number of hydrogen-bond acceptors (Lipinski definition) is 3. The zero-order valence-corrected chi connectivity index (χ0v) is 11.3. The van der Waals surface area contributed by atoms with Gasteiger partial charge in [-0.15, -0.1) is 0 Å². The van der Waals surface area contributed by atoms with Crippen molar-refractivity contribution in [3.63, 3.8) is 0 Å². The molecule has 0 amide bonds. The molecule has 0 unspecified atom stereocenters. The average Bonchev–Trinajstić information content (AvgIpc) is 2.73. The summed E-state index contributed by atoms with van der Waals surface area (Å²) in [5.74, 6) is 0. The van der Waals surface area contributed by atoms with Gasteiger partial charge in [0.25, 0.3) is 5.56 Å². The molecule has 0 saturated carbocycles. The van der Waals surface area contributed by atoms with Crippen LogP contribution in [0.4, 0.5) is 0 Å². The van der Waals surface area contributed by atoms with Gasteiger partial charge in [0.15, 0.2) is 5.52 Å². The van der Waals surface area contributed by atoms with Crippen molar-refractivity contribution in [3.8, 4) is 0 Å². The maximum Gasteiger partial charge on any atom is 0.331 e. The standard InChI is InChI=1S/C13H14N4O2/c1-7-5-8(2)14-17-9(7)6-10-11(17)12(18)16(4)13(19)15(10)3/h5-6H,1-4H3. The van der Waals surface area contributed by atoms with Crippen molar-refractivity contribution in [2.45, 2.75) is 13.8 Å². The van der Waals surface area contributed by atoms with Gasteiger partial charge in [-0.25, -0.2) is 9.31 Å². The van der Waals surface area contributed by atoms with E-state index in [1.165, 1.54) is 11.6 Å². The molecule has 0 radical (unpaired) electrons. The molecule has 6 heteroatoms. The molecule has 0 saturated heterocycles. The Labute approximate surface area is 108 Å². The summed E-state index contributed by atoms with van der Waals surface area (Å²) in [5, 5.41) is 4.39. The van der Waals surface area contributed by atoms with Crippen LogP contribution in [0.2, 0.25) is 0 Å². The van der Waals surface area contributed by atoms with Crippen LogP contribution < -0.4 is 11.2 Å². The van der Waals surface area contributed by atoms with E-state index in [0.717, 1.165) is 21.3 Å². The number of aromatic nitrogens is 4. The molecule has 0 aliphatic heterocycles. The molecule has 98 valence electrons. The van der Waals surface area contributed by atoms with Gasteiger partial charge in [0, 0.05) is 14.1 Å². The third kappa shape index (κ3) is 1.39. The molecule has 19 heavy (non-hydrogen) atoms. The molecular formula is C13H14N4O2. The van der Waals surface area contributed by atoms with Crippen LogP contribution in [0.25, 0.3) is 16.6 Å². The third-order valence-electron chi connectivity index (χ3n) is 3.49. The van der Waals surface area contributed by atoms with Crippen molar-refractivity contribution in [1.29, 1.82) is 0 Å². The zero-order chi connectivity index (χ0) is 13.9. The minimum absolute atomic E-state index is 0.324. The van der Waals surface area contributed by atoms with E-state index in [2.05, 4.69) is 5.10 Å². The van der Waals surface area contributed by atoms with E-state index < -0.39 is 0 Å². The molecule has 0 bridgehead atoms. The van der Waals surface area contributed by atoms with Gasteiger partial charge >= 0.3 is 5.69 Å². The van der Waals surface area contributed by atoms with Gasteiger partial charge in [0.2, 0.25) is 0 Å². The van der Waals surface area contributed by atoms with Crippen molar-refractivity contribution in [2.75, 3.05) is 0 Å². The zero-order valence-electron chi connectivity index (χ0n) is 11.3. The van der Waals surface area contributed by atoms with Crippen LogP contribution >= 0.6 is 0 Å². The molecule has 0 aliphatic rings. The van der Waals surface area contributed by atoms with Crippen molar-refractivity contribution in [2.24, 2.45) is 14.1 Å². The SMILES string of the molecule is Cc1cc(C)c2cc3c(c(=O)n(C)c(=O)n3C)n2n1. The number of fused-ring (bicyclic) bond motifs is 3. The lowest BCUT2D eigenvalue weighted by molar-refractivity contribution is 0.709. The predicted molar refractivity (Wildman–Crippen MR) is 72.7 cm³/mol. The highest BCUT2D eigenvalue weighted by atomic mass is 16.2. The van der Waals surface area contributed by atoms with E-state index in [4.69, 9.17) is 0 Å². The van der Waals surface area contributed by atoms with Gasteiger partial charge in [-0.1, -0.05) is 0 Å². The molecule has 0 atom stereocenters. The van der Waals surface area contributed by atoms with Crippen LogP contribution in [0.5, 0.6) is 0 Å². The van der Waals surface area contributed by atoms with Gasteiger partial charge in [0.05, 0.1) is 16.7 Å². The van der Waals surface area contributed by atoms with Gasteiger partial charge in [0.1, 0.15) is 0 Å². The minimum Gasteiger partial charge on any atom is -0.295 e. The highest BCUT2D eigenvalue weighted by molar-refractivity contribution is 5.84. The Bertz CT molecular complexity index is 943. The molecule has 3 heterocycles. The maximum absolute atomic E-state index is 12.3. The molecule has 0 N–H and O–H groups in total. The summed E-state index contributed by atoms with van der Waals surface area (Å²) in [7, 11) is 3.14. The smallest absolute Gasteiger partial charge is 0.295 e. The second-order valence-corrected chi connectivity index (χ2v) is 4.85. The van der Waals surface area contributed by atoms with Gasteiger partial charge < -0.3 is 0 Å². The Hall–Kier alpha value is -2.37. The van der Waals surface area contributed by atoms with Crippen molar-refractivity contribution >= 4 is 16.6 Å². The van der Waals surface area contributed by atoms with Gasteiger partial charge in [-0.05, 0) is 31.5 Å². The maximum atomic E-state index is 12.3. The lowest BCUT2D eigenvalue weighted by Crippen LogP contribution is -2.37. The fourth-order valence-electron chi connectivity index (χ4n) is 2.48. The molecule has 3 rings (SSSR count). The van der Waals surface area contributed by atoms with Crippen LogP contribution in [0.15, 0.2) is 21.7 Å². The van der Waals surface area contributed by atoms with E-state index in [9.17, 15) is 9.59 Å². The molecule has 0 spiro atoms. The molecule has 0 aromatic carbocycles. The van der Waals surface area contributed by atoms with Crippen LogP contribution in [0, 0.1) is 13.8 Å². The summed E-state index contributed by atoms with van der Waals surface area (Å²) in [6.45, 7) is 3.84. The molecule has 0 fully saturated rings. The van der Waals surface area contributed by atoms with Crippen LogP contribution in [0.1, 0.15) is 11.3 Å². The molecule has 3 aromatic heterocycles. The molecule has 6 nitrogen and oxygen atoms in total. The highest BCUT2D eigenvalue weighted by Gasteiger charge is 2.15. The summed E-state index contributed by atoms with van der Waals surface area (Å²) in [5.41, 5.74) is 3.09. The number of aryl methyl sites for hydroxylation is 3. The van der Waals surface area contributed by atoms with Crippen LogP contribution in [-0.4, -0.2) is 18.7 Å². The number of rotatable bonds is 0. The van der Waals surface area contributed by atoms with E-state index in [1.807, 2.05) is 26.0 Å². The third-order valence-corrected chi connectivity index (χ3v) is 3.49. The largest absolute Gasteiger partial charge is 0.331 e. The molecule has 0 aliphatic carbocycles. The fraction of sp³-hybridized carbons (Fsp3) is 0.308. The fourth-order valence-corrected chi connectivity index (χ4v) is 2.48. The normalized spacial score (nSPS) is 11.6. The Balaban J connectivity index is 2.76. The van der Waals surface area contributed by atoms with Crippen molar-refractivity contribution < 1.29 is 0 Å². The highest BCUT2D eigenvalue weighted by Crippen LogP contribution is 2.18. The summed E-state index contributed by atoms with van der Waals surface area (Å²) in [6, 6.07) is 3.79. The monoisotopic (exact) mass is 258 g/mol. The van der Waals surface area contributed by atoms with Crippen LogP contribution in [-0.2, 0) is 14.1 Å². The summed E-state index contributed by atoms with van der Waals surface area (Å²) >= 11 is 0. The topological polar surface area (TPSA) is 61.3 Å². The van der Waals surface area contributed by atoms with E-state index >= 15 is 0 Å².